The van der Waals surface area contributed by atoms with Gasteiger partial charge in [0.25, 0.3) is 5.91 Å². The van der Waals surface area contributed by atoms with Gasteiger partial charge < -0.3 is 11.1 Å². The van der Waals surface area contributed by atoms with Gasteiger partial charge in [0, 0.05) is 12.6 Å². The van der Waals surface area contributed by atoms with Crippen LogP contribution in [0.15, 0.2) is 24.3 Å². The molecule has 0 aliphatic heterocycles. The van der Waals surface area contributed by atoms with Crippen LogP contribution in [0.1, 0.15) is 29.0 Å². The summed E-state index contributed by atoms with van der Waals surface area (Å²) in [6.45, 7) is 0.0597. The van der Waals surface area contributed by atoms with Gasteiger partial charge in [-0.1, -0.05) is 5.21 Å². The molecule has 1 aliphatic carbocycles. The van der Waals surface area contributed by atoms with Gasteiger partial charge in [-0.3, -0.25) is 4.79 Å². The van der Waals surface area contributed by atoms with Gasteiger partial charge in [0.15, 0.2) is 11.4 Å². The van der Waals surface area contributed by atoms with Gasteiger partial charge >= 0.3 is 6.18 Å². The van der Waals surface area contributed by atoms with Crippen LogP contribution in [0.2, 0.25) is 0 Å². The number of hydrogen-bond donors (Lipinski definition) is 2. The monoisotopic (exact) mass is 357 g/mol. The summed E-state index contributed by atoms with van der Waals surface area (Å²) in [6.07, 6.45) is -2.97. The van der Waals surface area contributed by atoms with Crippen LogP contribution in [0.25, 0.3) is 5.69 Å². The Bertz CT molecular complexity index is 767. The molecule has 3 rings (SSSR count). The van der Waals surface area contributed by atoms with E-state index in [1.54, 1.807) is 0 Å². The standard InChI is InChI=1S/C15H15F4N5O/c16-9-3-5-10(6-4-9)24-13(15(17,18)19)12(22-23-24)14(25)21-7-11(20)8-1-2-8/h3-6,8,11H,1-2,7,20H2,(H,21,25). The van der Waals surface area contributed by atoms with Crippen molar-refractivity contribution >= 4 is 5.91 Å². The lowest BCUT2D eigenvalue weighted by molar-refractivity contribution is -0.143. The molecular formula is C15H15F4N5O. The molecule has 1 heterocycles. The van der Waals surface area contributed by atoms with Gasteiger partial charge in [-0.15, -0.1) is 5.10 Å². The van der Waals surface area contributed by atoms with E-state index >= 15 is 0 Å². The third kappa shape index (κ3) is 3.78. The molecule has 0 bridgehead atoms. The van der Waals surface area contributed by atoms with E-state index in [-0.39, 0.29) is 24.2 Å². The fourth-order valence-corrected chi connectivity index (χ4v) is 2.44. The minimum atomic E-state index is -4.87. The molecule has 1 aliphatic rings. The zero-order valence-electron chi connectivity index (χ0n) is 12.9. The Morgan fingerprint density at radius 2 is 1.96 bits per heavy atom. The Morgan fingerprint density at radius 3 is 2.52 bits per heavy atom. The number of rotatable bonds is 5. The van der Waals surface area contributed by atoms with Gasteiger partial charge in [-0.2, -0.15) is 13.2 Å². The van der Waals surface area contributed by atoms with E-state index in [9.17, 15) is 22.4 Å². The Balaban J connectivity index is 1.88. The van der Waals surface area contributed by atoms with Gasteiger partial charge in [0.05, 0.1) is 5.69 Å². The lowest BCUT2D eigenvalue weighted by atomic mass is 10.2. The average molecular weight is 357 g/mol. The van der Waals surface area contributed by atoms with Crippen LogP contribution in [0.4, 0.5) is 17.6 Å². The van der Waals surface area contributed by atoms with Gasteiger partial charge in [-0.25, -0.2) is 9.07 Å². The van der Waals surface area contributed by atoms with Gasteiger partial charge in [-0.05, 0) is 43.0 Å². The van der Waals surface area contributed by atoms with Crippen molar-refractivity contribution in [3.63, 3.8) is 0 Å². The molecule has 134 valence electrons. The van der Waals surface area contributed by atoms with Crippen LogP contribution in [0.3, 0.4) is 0 Å². The van der Waals surface area contributed by atoms with E-state index in [4.69, 9.17) is 5.73 Å². The van der Waals surface area contributed by atoms with Crippen molar-refractivity contribution in [3.05, 3.63) is 41.5 Å². The molecule has 1 aromatic carbocycles. The van der Waals surface area contributed by atoms with Crippen LogP contribution in [0, 0.1) is 11.7 Å². The molecule has 1 aromatic heterocycles. The van der Waals surface area contributed by atoms with E-state index < -0.39 is 29.3 Å². The fraction of sp³-hybridized carbons (Fsp3) is 0.400. The maximum absolute atomic E-state index is 13.4. The van der Waals surface area contributed by atoms with Crippen molar-refractivity contribution in [2.24, 2.45) is 11.7 Å². The summed E-state index contributed by atoms with van der Waals surface area (Å²) in [5, 5.41) is 9.14. The van der Waals surface area contributed by atoms with Crippen LogP contribution in [-0.4, -0.2) is 33.5 Å². The maximum Gasteiger partial charge on any atom is 0.435 e. The minimum Gasteiger partial charge on any atom is -0.349 e. The Hall–Kier alpha value is -2.49. The Labute approximate surface area is 140 Å². The van der Waals surface area contributed by atoms with Crippen molar-refractivity contribution in [2.45, 2.75) is 25.1 Å². The molecule has 1 fully saturated rings. The number of aromatic nitrogens is 3. The largest absolute Gasteiger partial charge is 0.435 e. The van der Waals surface area contributed by atoms with E-state index in [1.165, 1.54) is 0 Å². The zero-order chi connectivity index (χ0) is 18.2. The lowest BCUT2D eigenvalue weighted by Crippen LogP contribution is -2.39. The van der Waals surface area contributed by atoms with Crippen LogP contribution in [-0.2, 0) is 6.18 Å². The second kappa shape index (κ2) is 6.43. The number of amides is 1. The van der Waals surface area contributed by atoms with Gasteiger partial charge in [0.1, 0.15) is 5.82 Å². The third-order valence-corrected chi connectivity index (χ3v) is 3.95. The van der Waals surface area contributed by atoms with E-state index in [0.29, 0.717) is 4.68 Å². The van der Waals surface area contributed by atoms with Crippen LogP contribution < -0.4 is 11.1 Å². The summed E-state index contributed by atoms with van der Waals surface area (Å²) in [4.78, 5) is 12.1. The summed E-state index contributed by atoms with van der Waals surface area (Å²) >= 11 is 0. The molecule has 1 amide bonds. The number of halogens is 4. The summed E-state index contributed by atoms with van der Waals surface area (Å²) < 4.78 is 53.7. The number of alkyl halides is 3. The quantitative estimate of drug-likeness (QED) is 0.801. The van der Waals surface area contributed by atoms with Crippen molar-refractivity contribution in [2.75, 3.05) is 6.54 Å². The number of carbonyl (C=O) groups is 1. The molecule has 0 saturated heterocycles. The second-order valence-corrected chi connectivity index (χ2v) is 5.88. The third-order valence-electron chi connectivity index (χ3n) is 3.95. The Kier molecular flexibility index (Phi) is 4.46. The maximum atomic E-state index is 13.4. The molecular weight excluding hydrogens is 342 g/mol. The highest BCUT2D eigenvalue weighted by atomic mass is 19.4. The molecule has 3 N–H and O–H groups in total. The highest BCUT2D eigenvalue weighted by molar-refractivity contribution is 5.93. The van der Waals surface area contributed by atoms with Crippen molar-refractivity contribution in [1.82, 2.24) is 20.3 Å². The number of carbonyl (C=O) groups excluding carboxylic acids is 1. The van der Waals surface area contributed by atoms with Crippen LogP contribution >= 0.6 is 0 Å². The molecule has 1 unspecified atom stereocenters. The summed E-state index contributed by atoms with van der Waals surface area (Å²) in [5.41, 5.74) is 3.60. The number of nitrogens with zero attached hydrogens (tertiary/aromatic N) is 3. The second-order valence-electron chi connectivity index (χ2n) is 5.88. The summed E-state index contributed by atoms with van der Waals surface area (Å²) in [7, 11) is 0. The van der Waals surface area contributed by atoms with Crippen LogP contribution in [0.5, 0.6) is 0 Å². The molecule has 2 aromatic rings. The summed E-state index contributed by atoms with van der Waals surface area (Å²) in [5.74, 6) is -1.32. The van der Waals surface area contributed by atoms with E-state index in [1.807, 2.05) is 0 Å². The molecule has 6 nitrogen and oxygen atoms in total. The van der Waals surface area contributed by atoms with Crippen molar-refractivity contribution < 1.29 is 22.4 Å². The minimum absolute atomic E-state index is 0.0597. The molecule has 1 atom stereocenters. The first kappa shape index (κ1) is 17.3. The lowest BCUT2D eigenvalue weighted by Gasteiger charge is -2.13. The topological polar surface area (TPSA) is 85.8 Å². The first-order valence-corrected chi connectivity index (χ1v) is 7.60. The first-order valence-electron chi connectivity index (χ1n) is 7.60. The zero-order valence-corrected chi connectivity index (χ0v) is 12.9. The smallest absolute Gasteiger partial charge is 0.349 e. The van der Waals surface area contributed by atoms with E-state index in [2.05, 4.69) is 15.6 Å². The number of nitrogens with one attached hydrogen (secondary N) is 1. The SMILES string of the molecule is NC(CNC(=O)c1nnn(-c2ccc(F)cc2)c1C(F)(F)F)C1CC1. The van der Waals surface area contributed by atoms with Gasteiger partial charge in [0.2, 0.25) is 0 Å². The average Bonchev–Trinajstić information content (AvgIpc) is 3.30. The van der Waals surface area contributed by atoms with Crippen molar-refractivity contribution in [3.8, 4) is 5.69 Å². The van der Waals surface area contributed by atoms with Crippen molar-refractivity contribution in [1.29, 1.82) is 0 Å². The molecule has 1 saturated carbocycles. The molecule has 0 radical (unpaired) electrons. The number of hydrogen-bond acceptors (Lipinski definition) is 4. The van der Waals surface area contributed by atoms with E-state index in [0.717, 1.165) is 37.1 Å². The normalized spacial score (nSPS) is 15.9. The summed E-state index contributed by atoms with van der Waals surface area (Å²) in [6, 6.07) is 3.91. The molecule has 10 heteroatoms. The highest BCUT2D eigenvalue weighted by Crippen LogP contribution is 2.33. The number of benzene rings is 1. The predicted molar refractivity (Wildman–Crippen MR) is 79.4 cm³/mol. The Morgan fingerprint density at radius 1 is 1.32 bits per heavy atom. The first-order chi connectivity index (χ1) is 11.8. The molecule has 0 spiro atoms. The molecule has 25 heavy (non-hydrogen) atoms. The fourth-order valence-electron chi connectivity index (χ4n) is 2.44. The highest BCUT2D eigenvalue weighted by Gasteiger charge is 2.42. The predicted octanol–water partition coefficient (Wildman–Crippen LogP) is 1.89. The number of nitrogens with two attached hydrogens (primary N) is 1.